The van der Waals surface area contributed by atoms with Crippen molar-refractivity contribution >= 4 is 0 Å². The van der Waals surface area contributed by atoms with Crippen molar-refractivity contribution in [2.75, 3.05) is 21.3 Å². The summed E-state index contributed by atoms with van der Waals surface area (Å²) in [6.07, 6.45) is 1.68. The van der Waals surface area contributed by atoms with Crippen LogP contribution in [0.2, 0.25) is 0 Å². The van der Waals surface area contributed by atoms with Crippen LogP contribution in [-0.2, 0) is 0 Å². The zero-order chi connectivity index (χ0) is 21.3. The average Bonchev–Trinajstić information content (AvgIpc) is 3.20. The van der Waals surface area contributed by atoms with Gasteiger partial charge in [-0.15, -0.1) is 5.10 Å². The van der Waals surface area contributed by atoms with E-state index in [1.807, 2.05) is 18.2 Å². The number of fused-ring (bicyclic) bond motifs is 1. The Labute approximate surface area is 172 Å². The van der Waals surface area contributed by atoms with Gasteiger partial charge in [-0.2, -0.15) is 5.26 Å². The van der Waals surface area contributed by atoms with Crippen LogP contribution in [0.3, 0.4) is 0 Å². The number of nitrogens with two attached hydrogens (primary N) is 1. The number of aromatic nitrogens is 3. The highest BCUT2D eigenvalue weighted by molar-refractivity contribution is 5.69. The molecule has 3 heterocycles. The van der Waals surface area contributed by atoms with E-state index in [4.69, 9.17) is 24.7 Å². The molecule has 0 aliphatic carbocycles. The number of nitrogens with zero attached hydrogens (tertiary/aromatic N) is 3. The molecule has 0 fully saturated rings. The lowest BCUT2D eigenvalue weighted by Crippen LogP contribution is -2.21. The standard InChI is InChI=1S/C21H19N5O4/c1-27-14-8-11(9-15(28-2)19(14)29-3)16-12(10-22)20(23)30-21-17(16)18(25-26-21)13-6-4-5-7-24-13/h4-9,16H,23H2,1-3H3,(H,25,26)/t16-/m1/s1. The molecule has 0 saturated heterocycles. The zero-order valence-electron chi connectivity index (χ0n) is 16.6. The molecule has 4 rings (SSSR count). The number of hydrogen-bond acceptors (Lipinski definition) is 8. The van der Waals surface area contributed by atoms with Crippen molar-refractivity contribution in [3.05, 3.63) is 59.1 Å². The van der Waals surface area contributed by atoms with Gasteiger partial charge in [0.25, 0.3) is 0 Å². The van der Waals surface area contributed by atoms with Gasteiger partial charge in [0.15, 0.2) is 11.5 Å². The Balaban J connectivity index is 1.99. The van der Waals surface area contributed by atoms with Gasteiger partial charge in [-0.1, -0.05) is 6.07 Å². The quantitative estimate of drug-likeness (QED) is 0.663. The van der Waals surface area contributed by atoms with Crippen LogP contribution in [0.1, 0.15) is 17.0 Å². The second-order valence-corrected chi connectivity index (χ2v) is 6.42. The Kier molecular flexibility index (Phi) is 4.90. The zero-order valence-corrected chi connectivity index (χ0v) is 16.6. The predicted octanol–water partition coefficient (Wildman–Crippen LogP) is 2.72. The van der Waals surface area contributed by atoms with Crippen LogP contribution in [0.5, 0.6) is 23.1 Å². The maximum atomic E-state index is 9.87. The summed E-state index contributed by atoms with van der Waals surface area (Å²) >= 11 is 0. The number of pyridine rings is 1. The highest BCUT2D eigenvalue weighted by Gasteiger charge is 2.37. The van der Waals surface area contributed by atoms with Crippen molar-refractivity contribution in [3.8, 4) is 40.6 Å². The summed E-state index contributed by atoms with van der Waals surface area (Å²) in [5.41, 5.74) is 8.94. The van der Waals surface area contributed by atoms with Crippen LogP contribution in [0.25, 0.3) is 11.4 Å². The lowest BCUT2D eigenvalue weighted by Gasteiger charge is -2.25. The van der Waals surface area contributed by atoms with E-state index < -0.39 is 5.92 Å². The Morgan fingerprint density at radius 3 is 2.43 bits per heavy atom. The number of ether oxygens (including phenoxy) is 4. The van der Waals surface area contributed by atoms with Crippen LogP contribution in [0.4, 0.5) is 0 Å². The number of rotatable bonds is 5. The minimum Gasteiger partial charge on any atom is -0.493 e. The molecule has 3 N–H and O–H groups in total. The maximum Gasteiger partial charge on any atom is 0.244 e. The Morgan fingerprint density at radius 2 is 1.87 bits per heavy atom. The van der Waals surface area contributed by atoms with Gasteiger partial charge in [0, 0.05) is 6.20 Å². The van der Waals surface area contributed by atoms with Gasteiger partial charge in [-0.05, 0) is 29.8 Å². The molecule has 0 amide bonds. The highest BCUT2D eigenvalue weighted by atomic mass is 16.5. The fourth-order valence-corrected chi connectivity index (χ4v) is 3.55. The van der Waals surface area contributed by atoms with Crippen molar-refractivity contribution in [2.45, 2.75) is 5.92 Å². The predicted molar refractivity (Wildman–Crippen MR) is 107 cm³/mol. The fourth-order valence-electron chi connectivity index (χ4n) is 3.55. The lowest BCUT2D eigenvalue weighted by atomic mass is 9.83. The van der Waals surface area contributed by atoms with E-state index in [1.54, 1.807) is 18.3 Å². The fraction of sp³-hybridized carbons (Fsp3) is 0.190. The monoisotopic (exact) mass is 405 g/mol. The molecule has 1 aliphatic rings. The first-order valence-electron chi connectivity index (χ1n) is 9.00. The molecule has 0 radical (unpaired) electrons. The molecule has 9 nitrogen and oxygen atoms in total. The van der Waals surface area contributed by atoms with Crippen molar-refractivity contribution in [1.82, 2.24) is 15.2 Å². The third kappa shape index (κ3) is 2.95. The number of nitrogens with one attached hydrogen (secondary N) is 1. The Hall–Kier alpha value is -4.19. The van der Waals surface area contributed by atoms with Gasteiger partial charge < -0.3 is 24.7 Å². The molecule has 1 atom stereocenters. The van der Waals surface area contributed by atoms with Crippen LogP contribution in [0.15, 0.2) is 48.0 Å². The largest absolute Gasteiger partial charge is 0.493 e. The average molecular weight is 405 g/mol. The molecule has 0 bridgehead atoms. The summed E-state index contributed by atoms with van der Waals surface area (Å²) in [5.74, 6) is 1.05. The Bertz CT molecular complexity index is 1140. The summed E-state index contributed by atoms with van der Waals surface area (Å²) in [6.45, 7) is 0. The molecule has 152 valence electrons. The van der Waals surface area contributed by atoms with Crippen molar-refractivity contribution < 1.29 is 18.9 Å². The number of allylic oxidation sites excluding steroid dienone is 1. The molecular weight excluding hydrogens is 386 g/mol. The third-order valence-corrected chi connectivity index (χ3v) is 4.88. The summed E-state index contributed by atoms with van der Waals surface area (Å²) in [6, 6.07) is 11.3. The SMILES string of the molecule is COc1cc([C@@H]2C(C#N)=C(N)Oc3n[nH]c(-c4ccccn4)c32)cc(OC)c1OC. The summed E-state index contributed by atoms with van der Waals surface area (Å²) in [7, 11) is 4.59. The summed E-state index contributed by atoms with van der Waals surface area (Å²) in [4.78, 5) is 4.40. The molecular formula is C21H19N5O4. The number of methoxy groups -OCH3 is 3. The van der Waals surface area contributed by atoms with Crippen molar-refractivity contribution in [2.24, 2.45) is 5.73 Å². The first-order chi connectivity index (χ1) is 14.6. The topological polar surface area (TPSA) is 128 Å². The van der Waals surface area contributed by atoms with Crippen LogP contribution >= 0.6 is 0 Å². The Morgan fingerprint density at radius 1 is 1.13 bits per heavy atom. The molecule has 30 heavy (non-hydrogen) atoms. The molecule has 2 aromatic heterocycles. The molecule has 3 aromatic rings. The van der Waals surface area contributed by atoms with Crippen LogP contribution in [0, 0.1) is 11.3 Å². The molecule has 1 aromatic carbocycles. The summed E-state index contributed by atoms with van der Waals surface area (Å²) in [5, 5.41) is 17.1. The lowest BCUT2D eigenvalue weighted by molar-refractivity contribution is 0.323. The third-order valence-electron chi connectivity index (χ3n) is 4.88. The van der Waals surface area contributed by atoms with Gasteiger partial charge in [0.05, 0.1) is 44.2 Å². The second kappa shape index (κ2) is 7.67. The number of H-pyrrole nitrogens is 1. The minimum atomic E-state index is -0.580. The number of aromatic amines is 1. The number of hydrogen-bond donors (Lipinski definition) is 2. The van der Waals surface area contributed by atoms with Gasteiger partial charge in [0.2, 0.25) is 17.5 Å². The second-order valence-electron chi connectivity index (χ2n) is 6.42. The first kappa shape index (κ1) is 19.1. The van der Waals surface area contributed by atoms with Gasteiger partial charge in [-0.25, -0.2) is 0 Å². The number of nitriles is 1. The van der Waals surface area contributed by atoms with Gasteiger partial charge >= 0.3 is 0 Å². The maximum absolute atomic E-state index is 9.87. The van der Waals surface area contributed by atoms with Crippen LogP contribution in [-0.4, -0.2) is 36.5 Å². The summed E-state index contributed by atoms with van der Waals surface area (Å²) < 4.78 is 22.0. The van der Waals surface area contributed by atoms with Crippen LogP contribution < -0.4 is 24.7 Å². The molecule has 9 heteroatoms. The first-order valence-corrected chi connectivity index (χ1v) is 9.00. The van der Waals surface area contributed by atoms with E-state index >= 15 is 0 Å². The molecule has 1 aliphatic heterocycles. The van der Waals surface area contributed by atoms with Crippen molar-refractivity contribution in [3.63, 3.8) is 0 Å². The molecule has 0 unspecified atom stereocenters. The van der Waals surface area contributed by atoms with E-state index in [9.17, 15) is 5.26 Å². The smallest absolute Gasteiger partial charge is 0.244 e. The van der Waals surface area contributed by atoms with E-state index in [0.717, 1.165) is 0 Å². The van der Waals surface area contributed by atoms with Gasteiger partial charge in [0.1, 0.15) is 11.6 Å². The normalized spacial score (nSPS) is 15.1. The van der Waals surface area contributed by atoms with E-state index in [2.05, 4.69) is 21.3 Å². The van der Waals surface area contributed by atoms with Gasteiger partial charge in [-0.3, -0.25) is 10.1 Å². The molecule has 0 saturated carbocycles. The van der Waals surface area contributed by atoms with E-state index in [-0.39, 0.29) is 17.3 Å². The molecule has 0 spiro atoms. The van der Waals surface area contributed by atoms with Crippen molar-refractivity contribution in [1.29, 1.82) is 5.26 Å². The highest BCUT2D eigenvalue weighted by Crippen LogP contribution is 2.48. The number of benzene rings is 1. The van der Waals surface area contributed by atoms with E-state index in [1.165, 1.54) is 21.3 Å². The minimum absolute atomic E-state index is 0.0113. The van der Waals surface area contributed by atoms with E-state index in [0.29, 0.717) is 39.8 Å².